The first-order valence-corrected chi connectivity index (χ1v) is 6.64. The van der Waals surface area contributed by atoms with E-state index in [1.807, 2.05) is 24.3 Å². The van der Waals surface area contributed by atoms with E-state index in [4.69, 9.17) is 4.74 Å². The molecule has 0 amide bonds. The molecule has 1 aromatic carbocycles. The summed E-state index contributed by atoms with van der Waals surface area (Å²) < 4.78 is 5.65. The fourth-order valence-electron chi connectivity index (χ4n) is 1.37. The first kappa shape index (κ1) is 13.8. The molecule has 17 heavy (non-hydrogen) atoms. The molecule has 0 aromatic heterocycles. The van der Waals surface area contributed by atoms with Crippen LogP contribution >= 0.6 is 15.9 Å². The van der Waals surface area contributed by atoms with Crippen molar-refractivity contribution in [2.45, 2.75) is 11.8 Å². The molecule has 0 atom stereocenters. The molecular weight excluding hydrogens is 276 g/mol. The fourth-order valence-corrected chi connectivity index (χ4v) is 1.74. The summed E-state index contributed by atoms with van der Waals surface area (Å²) in [5, 5.41) is 0.871. The molecule has 0 unspecified atom stereocenters. The number of alkyl halides is 1. The predicted molar refractivity (Wildman–Crippen MR) is 77.7 cm³/mol. The van der Waals surface area contributed by atoms with Crippen LogP contribution in [0.2, 0.25) is 0 Å². The monoisotopic (exact) mass is 292 g/mol. The molecule has 0 fully saturated rings. The Morgan fingerprint density at radius 1 is 1.24 bits per heavy atom. The second kappa shape index (κ2) is 7.91. The zero-order valence-corrected chi connectivity index (χ0v) is 11.4. The van der Waals surface area contributed by atoms with Gasteiger partial charge in [-0.25, -0.2) is 0 Å². The van der Waals surface area contributed by atoms with Crippen molar-refractivity contribution in [3.05, 3.63) is 66.8 Å². The molecule has 2 heteroatoms. The quantitative estimate of drug-likeness (QED) is 0.525. The largest absolute Gasteiger partial charge is 0.493 e. The molecule has 0 radical (unpaired) electrons. The van der Waals surface area contributed by atoms with Crippen molar-refractivity contribution in [2.24, 2.45) is 0 Å². The van der Waals surface area contributed by atoms with Crippen LogP contribution in [-0.2, 0) is 5.33 Å². The average Bonchev–Trinajstić information content (AvgIpc) is 2.38. The summed E-state index contributed by atoms with van der Waals surface area (Å²) >= 11 is 3.41. The molecule has 0 heterocycles. The highest BCUT2D eigenvalue weighted by Gasteiger charge is 1.96. The van der Waals surface area contributed by atoms with Gasteiger partial charge in [-0.3, -0.25) is 0 Å². The standard InChI is InChI=1S/C15H17BrO/c1-3-5-13(4-2)10-11-17-15-8-6-14(12-16)7-9-15/h3-9H,1-2,10-12H2/b13-5+. The number of halogens is 1. The predicted octanol–water partition coefficient (Wildman–Crippen LogP) is 4.65. The van der Waals surface area contributed by atoms with E-state index in [2.05, 4.69) is 41.2 Å². The Balaban J connectivity index is 2.42. The maximum Gasteiger partial charge on any atom is 0.119 e. The van der Waals surface area contributed by atoms with Gasteiger partial charge in [-0.15, -0.1) is 0 Å². The van der Waals surface area contributed by atoms with Crippen molar-refractivity contribution in [1.29, 1.82) is 0 Å². The van der Waals surface area contributed by atoms with Crippen LogP contribution in [-0.4, -0.2) is 6.61 Å². The number of rotatable bonds is 7. The van der Waals surface area contributed by atoms with Crippen LogP contribution in [0.4, 0.5) is 0 Å². The minimum atomic E-state index is 0.652. The van der Waals surface area contributed by atoms with Crippen LogP contribution in [0.3, 0.4) is 0 Å². The van der Waals surface area contributed by atoms with Gasteiger partial charge in [0.1, 0.15) is 5.75 Å². The minimum absolute atomic E-state index is 0.652. The molecule has 0 N–H and O–H groups in total. The highest BCUT2D eigenvalue weighted by Crippen LogP contribution is 2.15. The molecule has 0 aliphatic carbocycles. The molecule has 90 valence electrons. The van der Waals surface area contributed by atoms with Gasteiger partial charge in [0.2, 0.25) is 0 Å². The van der Waals surface area contributed by atoms with Gasteiger partial charge in [0.15, 0.2) is 0 Å². The van der Waals surface area contributed by atoms with Crippen molar-refractivity contribution >= 4 is 15.9 Å². The Kier molecular flexibility index (Phi) is 6.41. The van der Waals surface area contributed by atoms with E-state index >= 15 is 0 Å². The topological polar surface area (TPSA) is 9.23 Å². The lowest BCUT2D eigenvalue weighted by Gasteiger charge is -2.07. The Bertz CT molecular complexity index is 390. The highest BCUT2D eigenvalue weighted by molar-refractivity contribution is 9.08. The summed E-state index contributed by atoms with van der Waals surface area (Å²) in [5.74, 6) is 0.900. The van der Waals surface area contributed by atoms with Gasteiger partial charge in [0.25, 0.3) is 0 Å². The van der Waals surface area contributed by atoms with Gasteiger partial charge in [0, 0.05) is 11.8 Å². The Morgan fingerprint density at radius 3 is 2.47 bits per heavy atom. The average molecular weight is 293 g/mol. The molecule has 1 nitrogen and oxygen atoms in total. The Morgan fingerprint density at radius 2 is 1.94 bits per heavy atom. The van der Waals surface area contributed by atoms with Crippen LogP contribution in [0.25, 0.3) is 0 Å². The molecular formula is C15H17BrO. The summed E-state index contributed by atoms with van der Waals surface area (Å²) in [6.07, 6.45) is 6.39. The zero-order valence-electron chi connectivity index (χ0n) is 9.86. The van der Waals surface area contributed by atoms with Gasteiger partial charge < -0.3 is 4.74 Å². The van der Waals surface area contributed by atoms with Gasteiger partial charge in [0.05, 0.1) is 6.61 Å². The lowest BCUT2D eigenvalue weighted by atomic mass is 10.2. The number of hydrogen-bond acceptors (Lipinski definition) is 1. The van der Waals surface area contributed by atoms with Crippen LogP contribution in [0, 0.1) is 0 Å². The van der Waals surface area contributed by atoms with Gasteiger partial charge in [-0.2, -0.15) is 0 Å². The first-order chi connectivity index (χ1) is 8.30. The van der Waals surface area contributed by atoms with E-state index in [9.17, 15) is 0 Å². The van der Waals surface area contributed by atoms with Gasteiger partial charge >= 0.3 is 0 Å². The molecule has 0 spiro atoms. The number of benzene rings is 1. The summed E-state index contributed by atoms with van der Waals surface area (Å²) in [6.45, 7) is 8.07. The van der Waals surface area contributed by atoms with Crippen molar-refractivity contribution < 1.29 is 4.74 Å². The number of allylic oxidation sites excluding steroid dienone is 3. The van der Waals surface area contributed by atoms with Crippen molar-refractivity contribution in [1.82, 2.24) is 0 Å². The highest BCUT2D eigenvalue weighted by atomic mass is 79.9. The molecule has 0 bridgehead atoms. The third kappa shape index (κ3) is 5.05. The summed E-state index contributed by atoms with van der Waals surface area (Å²) in [7, 11) is 0. The van der Waals surface area contributed by atoms with Gasteiger partial charge in [-0.1, -0.05) is 59.4 Å². The third-order valence-electron chi connectivity index (χ3n) is 2.33. The van der Waals surface area contributed by atoms with E-state index in [1.165, 1.54) is 5.56 Å². The smallest absolute Gasteiger partial charge is 0.119 e. The molecule has 1 aromatic rings. The van der Waals surface area contributed by atoms with E-state index in [0.717, 1.165) is 23.1 Å². The maximum atomic E-state index is 5.65. The second-order valence-electron chi connectivity index (χ2n) is 3.56. The van der Waals surface area contributed by atoms with E-state index in [0.29, 0.717) is 6.61 Å². The van der Waals surface area contributed by atoms with Crippen molar-refractivity contribution in [2.75, 3.05) is 6.61 Å². The van der Waals surface area contributed by atoms with Crippen LogP contribution < -0.4 is 4.74 Å². The van der Waals surface area contributed by atoms with Crippen LogP contribution in [0.1, 0.15) is 12.0 Å². The molecule has 0 aliphatic rings. The Labute approximate surface area is 112 Å². The molecule has 0 aliphatic heterocycles. The number of ether oxygens (including phenoxy) is 1. The van der Waals surface area contributed by atoms with Crippen molar-refractivity contribution in [3.63, 3.8) is 0 Å². The zero-order chi connectivity index (χ0) is 12.5. The normalized spacial score (nSPS) is 11.0. The van der Waals surface area contributed by atoms with E-state index in [1.54, 1.807) is 6.08 Å². The minimum Gasteiger partial charge on any atom is -0.493 e. The van der Waals surface area contributed by atoms with Crippen molar-refractivity contribution in [3.8, 4) is 5.75 Å². The fraction of sp³-hybridized carbons (Fsp3) is 0.200. The second-order valence-corrected chi connectivity index (χ2v) is 4.12. The lowest BCUT2D eigenvalue weighted by molar-refractivity contribution is 0.322. The molecule has 0 saturated carbocycles. The van der Waals surface area contributed by atoms with Gasteiger partial charge in [-0.05, 0) is 23.3 Å². The van der Waals surface area contributed by atoms with E-state index < -0.39 is 0 Å². The van der Waals surface area contributed by atoms with Crippen LogP contribution in [0.15, 0.2) is 61.2 Å². The maximum absolute atomic E-state index is 5.65. The summed E-state index contributed by atoms with van der Waals surface area (Å²) in [4.78, 5) is 0. The van der Waals surface area contributed by atoms with E-state index in [-0.39, 0.29) is 0 Å². The molecule has 1 rings (SSSR count). The lowest BCUT2D eigenvalue weighted by Crippen LogP contribution is -1.98. The van der Waals surface area contributed by atoms with Crippen LogP contribution in [0.5, 0.6) is 5.75 Å². The SMILES string of the molecule is C=C/C=C(\C=C)CCOc1ccc(CBr)cc1. The molecule has 0 saturated heterocycles. The summed E-state index contributed by atoms with van der Waals surface area (Å²) in [6, 6.07) is 8.08. The third-order valence-corrected chi connectivity index (χ3v) is 2.98. The Hall–Kier alpha value is -1.28. The summed E-state index contributed by atoms with van der Waals surface area (Å²) in [5.41, 5.74) is 2.38. The number of hydrogen-bond donors (Lipinski definition) is 0. The first-order valence-electron chi connectivity index (χ1n) is 5.52.